The van der Waals surface area contributed by atoms with E-state index in [9.17, 15) is 4.79 Å². The summed E-state index contributed by atoms with van der Waals surface area (Å²) in [4.78, 5) is 12.1. The molecular weight excluding hydrogens is 278 g/mol. The highest BCUT2D eigenvalue weighted by atomic mass is 79.9. The molecule has 0 aliphatic carbocycles. The van der Waals surface area contributed by atoms with Gasteiger partial charge in [-0.3, -0.25) is 4.79 Å². The van der Waals surface area contributed by atoms with Gasteiger partial charge in [0.1, 0.15) is 0 Å². The Balaban J connectivity index is 2.86. The van der Waals surface area contributed by atoms with Gasteiger partial charge in [0.15, 0.2) is 0 Å². The first-order chi connectivity index (χ1) is 7.91. The first-order valence-corrected chi connectivity index (χ1v) is 6.80. The molecule has 0 unspecified atom stereocenters. The fourth-order valence-corrected chi connectivity index (χ4v) is 1.81. The first-order valence-electron chi connectivity index (χ1n) is 6.00. The number of carbonyl (C=O) groups is 1. The Labute approximate surface area is 112 Å². The molecule has 0 spiro atoms. The molecular formula is C14H20BrNO. The molecule has 1 amide bonds. The third-order valence-electron chi connectivity index (χ3n) is 3.40. The van der Waals surface area contributed by atoms with Crippen LogP contribution in [0.15, 0.2) is 22.7 Å². The van der Waals surface area contributed by atoms with E-state index in [0.717, 1.165) is 28.4 Å². The van der Waals surface area contributed by atoms with Crippen molar-refractivity contribution in [2.45, 2.75) is 46.1 Å². The number of benzene rings is 1. The van der Waals surface area contributed by atoms with E-state index >= 15 is 0 Å². The maximum Gasteiger partial charge on any atom is 0.251 e. The van der Waals surface area contributed by atoms with E-state index in [0.29, 0.717) is 0 Å². The third kappa shape index (κ3) is 3.56. The average molecular weight is 298 g/mol. The molecule has 0 heterocycles. The van der Waals surface area contributed by atoms with Gasteiger partial charge in [-0.2, -0.15) is 0 Å². The van der Waals surface area contributed by atoms with E-state index in [4.69, 9.17) is 0 Å². The van der Waals surface area contributed by atoms with Crippen LogP contribution in [-0.2, 0) is 0 Å². The normalized spacial score (nSPS) is 11.4. The minimum Gasteiger partial charge on any atom is -0.347 e. The molecule has 3 heteroatoms. The number of amides is 1. The van der Waals surface area contributed by atoms with Crippen molar-refractivity contribution in [1.82, 2.24) is 5.32 Å². The molecule has 1 rings (SSSR count). The smallest absolute Gasteiger partial charge is 0.251 e. The maximum absolute atomic E-state index is 12.1. The van der Waals surface area contributed by atoms with Crippen LogP contribution in [0.4, 0.5) is 0 Å². The van der Waals surface area contributed by atoms with Crippen molar-refractivity contribution < 1.29 is 4.79 Å². The van der Waals surface area contributed by atoms with Crippen LogP contribution in [0.25, 0.3) is 0 Å². The van der Waals surface area contributed by atoms with Crippen LogP contribution in [0.2, 0.25) is 0 Å². The van der Waals surface area contributed by atoms with E-state index in [1.165, 1.54) is 0 Å². The minimum atomic E-state index is -0.113. The van der Waals surface area contributed by atoms with Gasteiger partial charge in [-0.25, -0.2) is 0 Å². The molecule has 1 N–H and O–H groups in total. The van der Waals surface area contributed by atoms with Crippen LogP contribution in [0.3, 0.4) is 0 Å². The maximum atomic E-state index is 12.1. The molecule has 1 aromatic carbocycles. The molecule has 0 aliphatic rings. The van der Waals surface area contributed by atoms with Crippen LogP contribution in [0, 0.1) is 6.92 Å². The first kappa shape index (κ1) is 14.2. The second kappa shape index (κ2) is 5.67. The zero-order valence-corrected chi connectivity index (χ0v) is 12.5. The van der Waals surface area contributed by atoms with Crippen molar-refractivity contribution in [2.24, 2.45) is 0 Å². The summed E-state index contributed by atoms with van der Waals surface area (Å²) in [7, 11) is 0. The molecule has 0 radical (unpaired) electrons. The summed E-state index contributed by atoms with van der Waals surface area (Å²) in [6, 6.07) is 5.67. The zero-order chi connectivity index (χ0) is 13.1. The molecule has 0 bridgehead atoms. The summed E-state index contributed by atoms with van der Waals surface area (Å²) in [5.74, 6) is 0.00630. The molecule has 0 aliphatic heterocycles. The summed E-state index contributed by atoms with van der Waals surface area (Å²) >= 11 is 3.44. The number of aryl methyl sites for hydroxylation is 1. The Morgan fingerprint density at radius 3 is 2.41 bits per heavy atom. The van der Waals surface area contributed by atoms with Gasteiger partial charge in [0, 0.05) is 15.6 Å². The van der Waals surface area contributed by atoms with E-state index in [1.54, 1.807) is 0 Å². The number of hydrogen-bond acceptors (Lipinski definition) is 1. The topological polar surface area (TPSA) is 29.1 Å². The number of halogens is 1. The fraction of sp³-hybridized carbons (Fsp3) is 0.500. The summed E-state index contributed by atoms with van der Waals surface area (Å²) < 4.78 is 1.03. The Bertz CT molecular complexity index is 411. The van der Waals surface area contributed by atoms with Crippen LogP contribution in [0.1, 0.15) is 49.5 Å². The molecule has 1 aromatic rings. The van der Waals surface area contributed by atoms with E-state index < -0.39 is 0 Å². The van der Waals surface area contributed by atoms with Crippen molar-refractivity contribution in [3.05, 3.63) is 33.8 Å². The highest BCUT2D eigenvalue weighted by molar-refractivity contribution is 9.10. The monoisotopic (exact) mass is 297 g/mol. The number of nitrogens with one attached hydrogen (secondary N) is 1. The predicted octanol–water partition coefficient (Wildman–Crippen LogP) is 4.07. The van der Waals surface area contributed by atoms with Gasteiger partial charge in [0.25, 0.3) is 5.91 Å². The van der Waals surface area contributed by atoms with Crippen LogP contribution < -0.4 is 5.32 Å². The molecule has 17 heavy (non-hydrogen) atoms. The van der Waals surface area contributed by atoms with Crippen molar-refractivity contribution in [2.75, 3.05) is 0 Å². The van der Waals surface area contributed by atoms with Gasteiger partial charge in [-0.15, -0.1) is 0 Å². The summed E-state index contributed by atoms with van der Waals surface area (Å²) in [5, 5.41) is 3.10. The largest absolute Gasteiger partial charge is 0.347 e. The van der Waals surface area contributed by atoms with Gasteiger partial charge in [0.05, 0.1) is 0 Å². The summed E-state index contributed by atoms with van der Waals surface area (Å²) in [5.41, 5.74) is 1.68. The standard InChI is InChI=1S/C14H20BrNO/c1-5-14(4,6-2)16-13(17)11-7-8-12(15)10(3)9-11/h7-9H,5-6H2,1-4H3,(H,16,17). The Kier molecular flexibility index (Phi) is 4.75. The highest BCUT2D eigenvalue weighted by Crippen LogP contribution is 2.19. The molecule has 2 nitrogen and oxygen atoms in total. The van der Waals surface area contributed by atoms with E-state index in [-0.39, 0.29) is 11.4 Å². The van der Waals surface area contributed by atoms with Crippen molar-refractivity contribution in [1.29, 1.82) is 0 Å². The summed E-state index contributed by atoms with van der Waals surface area (Å²) in [6.45, 7) is 8.25. The quantitative estimate of drug-likeness (QED) is 0.892. The average Bonchev–Trinajstić information content (AvgIpc) is 2.32. The van der Waals surface area contributed by atoms with Gasteiger partial charge < -0.3 is 5.32 Å². The number of rotatable bonds is 4. The van der Waals surface area contributed by atoms with Crippen molar-refractivity contribution >= 4 is 21.8 Å². The van der Waals surface area contributed by atoms with Crippen LogP contribution in [0.5, 0.6) is 0 Å². The highest BCUT2D eigenvalue weighted by Gasteiger charge is 2.22. The SMILES string of the molecule is CCC(C)(CC)NC(=O)c1ccc(Br)c(C)c1. The van der Waals surface area contributed by atoms with Gasteiger partial charge >= 0.3 is 0 Å². The minimum absolute atomic E-state index is 0.00630. The Morgan fingerprint density at radius 1 is 1.35 bits per heavy atom. The molecule has 0 saturated heterocycles. The molecule has 0 fully saturated rings. The lowest BCUT2D eigenvalue weighted by Gasteiger charge is -2.28. The number of hydrogen-bond donors (Lipinski definition) is 1. The van der Waals surface area contributed by atoms with Gasteiger partial charge in [-0.05, 0) is 50.5 Å². The second-order valence-corrected chi connectivity index (χ2v) is 5.54. The van der Waals surface area contributed by atoms with Crippen LogP contribution in [-0.4, -0.2) is 11.4 Å². The third-order valence-corrected chi connectivity index (χ3v) is 4.29. The Morgan fingerprint density at radius 2 is 1.94 bits per heavy atom. The Hall–Kier alpha value is -0.830. The molecule has 0 aromatic heterocycles. The molecule has 0 saturated carbocycles. The lowest BCUT2D eigenvalue weighted by molar-refractivity contribution is 0.0901. The number of carbonyl (C=O) groups excluding carboxylic acids is 1. The van der Waals surface area contributed by atoms with Crippen LogP contribution >= 0.6 is 15.9 Å². The molecule has 0 atom stereocenters. The van der Waals surface area contributed by atoms with Crippen molar-refractivity contribution in [3.63, 3.8) is 0 Å². The van der Waals surface area contributed by atoms with Crippen molar-refractivity contribution in [3.8, 4) is 0 Å². The zero-order valence-electron chi connectivity index (χ0n) is 10.9. The van der Waals surface area contributed by atoms with E-state index in [2.05, 4.69) is 42.0 Å². The van der Waals surface area contributed by atoms with Gasteiger partial charge in [-0.1, -0.05) is 29.8 Å². The second-order valence-electron chi connectivity index (χ2n) is 4.69. The van der Waals surface area contributed by atoms with Gasteiger partial charge in [0.2, 0.25) is 0 Å². The fourth-order valence-electron chi connectivity index (χ4n) is 1.56. The lowest BCUT2D eigenvalue weighted by atomic mass is 9.95. The molecule has 94 valence electrons. The van der Waals surface area contributed by atoms with E-state index in [1.807, 2.05) is 25.1 Å². The lowest BCUT2D eigenvalue weighted by Crippen LogP contribution is -2.44. The predicted molar refractivity (Wildman–Crippen MR) is 75.3 cm³/mol. The summed E-state index contributed by atoms with van der Waals surface area (Å²) in [6.07, 6.45) is 1.87.